The van der Waals surface area contributed by atoms with Crippen LogP contribution in [0.4, 0.5) is 0 Å². The molecule has 1 amide bonds. The van der Waals surface area contributed by atoms with Crippen molar-refractivity contribution in [3.63, 3.8) is 0 Å². The average Bonchev–Trinajstić information content (AvgIpc) is 1.99. The molecular formula is C10H22N2O2. The predicted octanol–water partition coefficient (Wildman–Crippen LogP) is 0.640. The number of ether oxygens (including phenoxy) is 1. The lowest BCUT2D eigenvalue weighted by atomic mass is 9.95. The maximum Gasteiger partial charge on any atom is 0.237 e. The quantitative estimate of drug-likeness (QED) is 0.663. The summed E-state index contributed by atoms with van der Waals surface area (Å²) in [6.45, 7) is 8.35. The molecular weight excluding hydrogens is 180 g/mol. The molecule has 0 aromatic rings. The van der Waals surface area contributed by atoms with E-state index in [2.05, 4.69) is 13.8 Å². The van der Waals surface area contributed by atoms with Gasteiger partial charge in [0.2, 0.25) is 5.91 Å². The Bertz CT molecular complexity index is 191. The highest BCUT2D eigenvalue weighted by molar-refractivity contribution is 5.83. The first kappa shape index (κ1) is 13.4. The molecule has 0 fully saturated rings. The normalized spacial score (nSPS) is 17.9. The molecule has 0 heterocycles. The maximum atomic E-state index is 10.9. The number of carbonyl (C=O) groups is 1. The molecule has 0 rings (SSSR count). The van der Waals surface area contributed by atoms with Crippen LogP contribution in [0.25, 0.3) is 0 Å². The first-order chi connectivity index (χ1) is 6.25. The van der Waals surface area contributed by atoms with Crippen molar-refractivity contribution in [3.05, 3.63) is 0 Å². The number of amides is 1. The Hall–Kier alpha value is -0.610. The van der Waals surface area contributed by atoms with Gasteiger partial charge in [0.15, 0.2) is 0 Å². The van der Waals surface area contributed by atoms with Gasteiger partial charge in [-0.1, -0.05) is 13.8 Å². The van der Waals surface area contributed by atoms with E-state index in [1.54, 1.807) is 6.92 Å². The molecule has 0 radical (unpaired) electrons. The second-order valence-electron chi connectivity index (χ2n) is 4.52. The maximum absolute atomic E-state index is 10.9. The summed E-state index contributed by atoms with van der Waals surface area (Å²) in [4.78, 5) is 10.9. The van der Waals surface area contributed by atoms with Crippen LogP contribution in [0.1, 0.15) is 34.1 Å². The lowest BCUT2D eigenvalue weighted by Crippen LogP contribution is -2.51. The van der Waals surface area contributed by atoms with Crippen molar-refractivity contribution in [2.75, 3.05) is 6.61 Å². The minimum absolute atomic E-state index is 0.0418. The van der Waals surface area contributed by atoms with E-state index < -0.39 is 11.4 Å². The molecule has 0 saturated heterocycles. The topological polar surface area (TPSA) is 78.3 Å². The fourth-order valence-electron chi connectivity index (χ4n) is 1.11. The number of carbonyl (C=O) groups excluding carboxylic acids is 1. The molecule has 0 spiro atoms. The van der Waals surface area contributed by atoms with Crippen molar-refractivity contribution in [1.82, 2.24) is 0 Å². The van der Waals surface area contributed by atoms with Crippen LogP contribution in [0.2, 0.25) is 0 Å². The standard InChI is InChI=1S/C10H22N2O2/c1-7(2)6-14-8(3)5-10(4,12)9(11)13/h7-8H,5-6,12H2,1-4H3,(H2,11,13). The molecule has 14 heavy (non-hydrogen) atoms. The zero-order valence-electron chi connectivity index (χ0n) is 9.54. The molecule has 4 N–H and O–H groups in total. The van der Waals surface area contributed by atoms with Crippen molar-refractivity contribution < 1.29 is 9.53 Å². The van der Waals surface area contributed by atoms with Crippen LogP contribution in [0, 0.1) is 5.92 Å². The van der Waals surface area contributed by atoms with Crippen molar-refractivity contribution in [2.45, 2.75) is 45.8 Å². The van der Waals surface area contributed by atoms with E-state index in [0.29, 0.717) is 18.9 Å². The van der Waals surface area contributed by atoms with E-state index in [-0.39, 0.29) is 6.10 Å². The van der Waals surface area contributed by atoms with E-state index in [4.69, 9.17) is 16.2 Å². The van der Waals surface area contributed by atoms with Gasteiger partial charge in [0.1, 0.15) is 0 Å². The third-order valence-corrected chi connectivity index (χ3v) is 1.99. The second kappa shape index (κ2) is 5.32. The van der Waals surface area contributed by atoms with Gasteiger partial charge >= 0.3 is 0 Å². The van der Waals surface area contributed by atoms with Gasteiger partial charge in [-0.2, -0.15) is 0 Å². The van der Waals surface area contributed by atoms with Crippen LogP contribution in [0.5, 0.6) is 0 Å². The molecule has 0 aliphatic heterocycles. The van der Waals surface area contributed by atoms with Gasteiger partial charge in [-0.05, 0) is 26.2 Å². The number of primary amides is 1. The first-order valence-corrected chi connectivity index (χ1v) is 4.96. The Morgan fingerprint density at radius 1 is 1.43 bits per heavy atom. The van der Waals surface area contributed by atoms with Crippen molar-refractivity contribution >= 4 is 5.91 Å². The van der Waals surface area contributed by atoms with E-state index in [1.165, 1.54) is 0 Å². The van der Waals surface area contributed by atoms with Gasteiger partial charge in [0.25, 0.3) is 0 Å². The van der Waals surface area contributed by atoms with Crippen LogP contribution in [0.15, 0.2) is 0 Å². The summed E-state index contributed by atoms with van der Waals surface area (Å²) < 4.78 is 5.50. The summed E-state index contributed by atoms with van der Waals surface area (Å²) in [5, 5.41) is 0. The van der Waals surface area contributed by atoms with Gasteiger partial charge in [-0.25, -0.2) is 0 Å². The van der Waals surface area contributed by atoms with Gasteiger partial charge in [-0.15, -0.1) is 0 Å². The zero-order chi connectivity index (χ0) is 11.4. The molecule has 2 atom stereocenters. The molecule has 0 saturated carbocycles. The van der Waals surface area contributed by atoms with Crippen LogP contribution in [-0.4, -0.2) is 24.2 Å². The lowest BCUT2D eigenvalue weighted by Gasteiger charge is -2.25. The zero-order valence-corrected chi connectivity index (χ0v) is 9.54. The third kappa shape index (κ3) is 5.19. The highest BCUT2D eigenvalue weighted by Gasteiger charge is 2.28. The van der Waals surface area contributed by atoms with Crippen LogP contribution in [-0.2, 0) is 9.53 Å². The molecule has 2 unspecified atom stereocenters. The van der Waals surface area contributed by atoms with Crippen LogP contribution < -0.4 is 11.5 Å². The first-order valence-electron chi connectivity index (χ1n) is 4.96. The van der Waals surface area contributed by atoms with E-state index in [1.807, 2.05) is 6.92 Å². The van der Waals surface area contributed by atoms with E-state index in [9.17, 15) is 4.79 Å². The SMILES string of the molecule is CC(C)COC(C)CC(C)(N)C(N)=O. The van der Waals surface area contributed by atoms with Crippen LogP contribution >= 0.6 is 0 Å². The summed E-state index contributed by atoms with van der Waals surface area (Å²) in [5.74, 6) is -0.00689. The smallest absolute Gasteiger partial charge is 0.237 e. The second-order valence-corrected chi connectivity index (χ2v) is 4.52. The Labute approximate surface area is 86.0 Å². The summed E-state index contributed by atoms with van der Waals surface area (Å²) in [5.41, 5.74) is 9.89. The minimum Gasteiger partial charge on any atom is -0.378 e. The van der Waals surface area contributed by atoms with Gasteiger partial charge in [0, 0.05) is 6.61 Å². The average molecular weight is 202 g/mol. The number of hydrogen-bond acceptors (Lipinski definition) is 3. The van der Waals surface area contributed by atoms with Crippen molar-refractivity contribution in [3.8, 4) is 0 Å². The third-order valence-electron chi connectivity index (χ3n) is 1.99. The van der Waals surface area contributed by atoms with Crippen molar-refractivity contribution in [2.24, 2.45) is 17.4 Å². The highest BCUT2D eigenvalue weighted by Crippen LogP contribution is 2.11. The fraction of sp³-hybridized carbons (Fsp3) is 0.900. The van der Waals surface area contributed by atoms with E-state index >= 15 is 0 Å². The Balaban J connectivity index is 3.93. The largest absolute Gasteiger partial charge is 0.378 e. The molecule has 0 aromatic carbocycles. The van der Waals surface area contributed by atoms with Crippen molar-refractivity contribution in [1.29, 1.82) is 0 Å². The molecule has 0 aromatic heterocycles. The Morgan fingerprint density at radius 3 is 2.29 bits per heavy atom. The molecule has 0 aliphatic carbocycles. The highest BCUT2D eigenvalue weighted by atomic mass is 16.5. The van der Waals surface area contributed by atoms with Gasteiger partial charge in [0.05, 0.1) is 11.6 Å². The fourth-order valence-corrected chi connectivity index (χ4v) is 1.11. The summed E-state index contributed by atoms with van der Waals surface area (Å²) >= 11 is 0. The summed E-state index contributed by atoms with van der Waals surface area (Å²) in [6, 6.07) is 0. The number of nitrogens with two attached hydrogens (primary N) is 2. The minimum atomic E-state index is -0.976. The van der Waals surface area contributed by atoms with Crippen LogP contribution in [0.3, 0.4) is 0 Å². The van der Waals surface area contributed by atoms with E-state index in [0.717, 1.165) is 0 Å². The lowest BCUT2D eigenvalue weighted by molar-refractivity contribution is -0.124. The predicted molar refractivity (Wildman–Crippen MR) is 56.7 cm³/mol. The Kier molecular flexibility index (Phi) is 5.08. The summed E-state index contributed by atoms with van der Waals surface area (Å²) in [6.07, 6.45) is 0.412. The Morgan fingerprint density at radius 2 is 1.93 bits per heavy atom. The summed E-state index contributed by atoms with van der Waals surface area (Å²) in [7, 11) is 0. The number of hydrogen-bond donors (Lipinski definition) is 2. The number of rotatable bonds is 6. The van der Waals surface area contributed by atoms with Gasteiger partial charge < -0.3 is 16.2 Å². The molecule has 84 valence electrons. The molecule has 4 heteroatoms. The molecule has 0 bridgehead atoms. The van der Waals surface area contributed by atoms with Gasteiger partial charge in [-0.3, -0.25) is 4.79 Å². The molecule has 4 nitrogen and oxygen atoms in total. The molecule has 0 aliphatic rings. The monoisotopic (exact) mass is 202 g/mol.